The standard InChI is InChI=1S/C9H12.3C8H11N.4C7H10N2.8C2H6.2CH4/c1-8(2)9-6-4-3-5-7-9;1-7(2)8-3-5-9-6-4-8;1-7(2)8-4-3-5-9-6-8;1-7(2)8-5-3-4-6-9-8;1-6(2)7-3-8-5-9-4-7;1-6(2)7-5-8-3-4-9-7;1-6(2)7-3-4-8-5-9-7;1-6(2)7-4-3-5-8-9-7;8*1-2;;/h3-8H,1-2H3;3*3-7H,1-2H3;4*3-6H,1-2H3;8*1-2H3;2*1H4. The van der Waals surface area contributed by atoms with Gasteiger partial charge in [0.05, 0.1) is 11.4 Å². The molecule has 0 atom stereocenters. The molecule has 0 saturated carbocycles. The predicted octanol–water partition coefficient (Wildman–Crippen LogP) is 25.3. The number of hydrogen-bond acceptors (Lipinski definition) is 11. The van der Waals surface area contributed by atoms with Crippen molar-refractivity contribution in [3.63, 3.8) is 0 Å². The molecule has 11 nitrogen and oxygen atoms in total. The van der Waals surface area contributed by atoms with Crippen molar-refractivity contribution in [2.24, 2.45) is 0 Å². The number of hydrogen-bond donors (Lipinski definition) is 0. The molecule has 7 heterocycles. The van der Waals surface area contributed by atoms with Crippen molar-refractivity contribution in [3.8, 4) is 0 Å². The number of benzene rings is 1. The Bertz CT molecular complexity index is 1870. The van der Waals surface area contributed by atoms with Crippen LogP contribution in [-0.2, 0) is 0 Å². The van der Waals surface area contributed by atoms with E-state index in [1.54, 1.807) is 49.8 Å². The third kappa shape index (κ3) is 65.4. The Kier molecular flexibility index (Phi) is 95.4. The van der Waals surface area contributed by atoms with Gasteiger partial charge in [-0.25, -0.2) is 19.9 Å². The zero-order valence-corrected chi connectivity index (χ0v) is 62.3. The van der Waals surface area contributed by atoms with Crippen LogP contribution >= 0.6 is 0 Å². The minimum Gasteiger partial charge on any atom is -0.265 e. The average molecular weight is 1250 g/mol. The Labute approximate surface area is 559 Å². The molecule has 0 bridgehead atoms. The topological polar surface area (TPSA) is 142 Å². The van der Waals surface area contributed by atoms with Gasteiger partial charge in [-0.2, -0.15) is 10.2 Å². The third-order valence-electron chi connectivity index (χ3n) is 10.3. The number of pyridine rings is 3. The fraction of sp³-hybridized carbons (Fsp3) is 0.532. The van der Waals surface area contributed by atoms with Gasteiger partial charge >= 0.3 is 0 Å². The van der Waals surface area contributed by atoms with E-state index in [9.17, 15) is 0 Å². The van der Waals surface area contributed by atoms with Crippen molar-refractivity contribution in [2.75, 3.05) is 0 Å². The fourth-order valence-electron chi connectivity index (χ4n) is 5.50. The fourth-order valence-corrected chi connectivity index (χ4v) is 5.50. The molecule has 0 N–H and O–H groups in total. The SMILES string of the molecule is C.C.CC.CC.CC.CC.CC.CC.CC.CC.CC(C)c1ccccc1.CC(C)c1ccccn1.CC(C)c1cccnc1.CC(C)c1cccnn1.CC(C)c1ccncc1.CC(C)c1ccncn1.CC(C)c1cnccn1.CC(C)c1cncnc1. The average Bonchev–Trinajstić information content (AvgIpc) is 3.67. The van der Waals surface area contributed by atoms with Gasteiger partial charge in [-0.3, -0.25) is 24.9 Å². The predicted molar refractivity (Wildman–Crippen MR) is 404 cm³/mol. The molecule has 0 amide bonds. The molecule has 8 rings (SSSR count). The molecule has 0 aliphatic heterocycles. The maximum Gasteiger partial charge on any atom is 0.115 e. The molecular weight excluding hydrogens is 1100 g/mol. The van der Waals surface area contributed by atoms with Gasteiger partial charge in [0.1, 0.15) is 12.7 Å². The Hall–Kier alpha value is -7.01. The van der Waals surface area contributed by atoms with Crippen LogP contribution < -0.4 is 0 Å². The third-order valence-corrected chi connectivity index (χ3v) is 10.3. The monoisotopic (exact) mass is 1240 g/mol. The highest BCUT2D eigenvalue weighted by Gasteiger charge is 2.00. The van der Waals surface area contributed by atoms with E-state index < -0.39 is 0 Å². The summed E-state index contributed by atoms with van der Waals surface area (Å²) in [6.45, 7) is 66.2. The minimum atomic E-state index is 0. The number of rotatable bonds is 8. The van der Waals surface area contributed by atoms with Gasteiger partial charge in [-0.15, -0.1) is 0 Å². The first-order valence-corrected chi connectivity index (χ1v) is 33.2. The zero-order valence-electron chi connectivity index (χ0n) is 62.3. The van der Waals surface area contributed by atoms with Gasteiger partial charge in [0.25, 0.3) is 0 Å². The van der Waals surface area contributed by atoms with Crippen LogP contribution in [0.25, 0.3) is 0 Å². The van der Waals surface area contributed by atoms with Crippen LogP contribution in [0.4, 0.5) is 0 Å². The maximum absolute atomic E-state index is 4.18. The van der Waals surface area contributed by atoms with Crippen LogP contribution in [0.3, 0.4) is 0 Å². The summed E-state index contributed by atoms with van der Waals surface area (Å²) >= 11 is 0. The molecule has 0 saturated heterocycles. The highest BCUT2D eigenvalue weighted by molar-refractivity contribution is 5.18. The summed E-state index contributed by atoms with van der Waals surface area (Å²) in [6, 6.07) is 30.5. The van der Waals surface area contributed by atoms with Crippen molar-refractivity contribution in [2.45, 2.75) is 284 Å². The lowest BCUT2D eigenvalue weighted by Crippen LogP contribution is -1.92. The molecule has 512 valence electrons. The molecule has 0 fully saturated rings. The lowest BCUT2D eigenvalue weighted by atomic mass is 10.0. The molecule has 0 unspecified atom stereocenters. The summed E-state index contributed by atoms with van der Waals surface area (Å²) in [5, 5.41) is 7.68. The molecule has 0 aliphatic carbocycles. The van der Waals surface area contributed by atoms with Gasteiger partial charge in [0.2, 0.25) is 0 Å². The normalized spacial score (nSPS) is 8.62. The van der Waals surface area contributed by atoms with E-state index in [1.807, 2.05) is 209 Å². The summed E-state index contributed by atoms with van der Waals surface area (Å²) < 4.78 is 0. The van der Waals surface area contributed by atoms with Gasteiger partial charge in [0.15, 0.2) is 0 Å². The molecule has 0 aliphatic rings. The lowest BCUT2D eigenvalue weighted by molar-refractivity contribution is 0.785. The van der Waals surface area contributed by atoms with E-state index in [4.69, 9.17) is 0 Å². The Morgan fingerprint density at radius 2 is 0.600 bits per heavy atom. The summed E-state index contributed by atoms with van der Waals surface area (Å²) in [6.07, 6.45) is 24.7. The van der Waals surface area contributed by atoms with E-state index in [2.05, 4.69) is 196 Å². The molecular formula is C79H141N11. The van der Waals surface area contributed by atoms with Gasteiger partial charge in [0, 0.05) is 85.7 Å². The highest BCUT2D eigenvalue weighted by atomic mass is 15.1. The number of nitrogens with zero attached hydrogens (tertiary/aromatic N) is 11. The van der Waals surface area contributed by atoms with Crippen LogP contribution in [0.15, 0.2) is 178 Å². The van der Waals surface area contributed by atoms with Crippen LogP contribution in [0.1, 0.15) is 329 Å². The number of aromatic nitrogens is 11. The van der Waals surface area contributed by atoms with Crippen LogP contribution in [0.2, 0.25) is 0 Å². The highest BCUT2D eigenvalue weighted by Crippen LogP contribution is 2.14. The Morgan fingerprint density at radius 1 is 0.222 bits per heavy atom. The Morgan fingerprint density at radius 3 is 0.867 bits per heavy atom. The molecule has 7 aromatic heterocycles. The maximum atomic E-state index is 4.18. The molecule has 11 heteroatoms. The second-order valence-electron chi connectivity index (χ2n) is 19.1. The van der Waals surface area contributed by atoms with Crippen LogP contribution in [0, 0.1) is 0 Å². The van der Waals surface area contributed by atoms with Crippen molar-refractivity contribution < 1.29 is 0 Å². The second kappa shape index (κ2) is 82.0. The second-order valence-corrected chi connectivity index (χ2v) is 19.1. The molecule has 90 heavy (non-hydrogen) atoms. The first-order chi connectivity index (χ1) is 42.4. The first kappa shape index (κ1) is 105. The summed E-state index contributed by atoms with van der Waals surface area (Å²) in [5.74, 6) is 4.43. The quantitative estimate of drug-likeness (QED) is 0.143. The van der Waals surface area contributed by atoms with Gasteiger partial charge < -0.3 is 0 Å². The van der Waals surface area contributed by atoms with E-state index >= 15 is 0 Å². The molecule has 0 spiro atoms. The largest absolute Gasteiger partial charge is 0.265 e. The van der Waals surface area contributed by atoms with Gasteiger partial charge in [-0.1, -0.05) is 279 Å². The van der Waals surface area contributed by atoms with Crippen molar-refractivity contribution in [1.29, 1.82) is 0 Å². The van der Waals surface area contributed by atoms with E-state index in [1.165, 1.54) is 22.3 Å². The lowest BCUT2D eigenvalue weighted by Gasteiger charge is -2.01. The van der Waals surface area contributed by atoms with E-state index in [0.29, 0.717) is 47.3 Å². The van der Waals surface area contributed by atoms with Crippen molar-refractivity contribution >= 4 is 0 Å². The zero-order chi connectivity index (χ0) is 69.5. The minimum absolute atomic E-state index is 0. The van der Waals surface area contributed by atoms with Crippen LogP contribution in [-0.4, -0.2) is 55.1 Å². The van der Waals surface area contributed by atoms with Crippen molar-refractivity contribution in [3.05, 3.63) is 223 Å². The first-order valence-electron chi connectivity index (χ1n) is 33.2. The van der Waals surface area contributed by atoms with Crippen molar-refractivity contribution in [1.82, 2.24) is 55.1 Å². The molecule has 8 aromatic rings. The summed E-state index contributed by atoms with van der Waals surface area (Å²) in [5.41, 5.74) is 9.63. The van der Waals surface area contributed by atoms with E-state index in [-0.39, 0.29) is 14.9 Å². The van der Waals surface area contributed by atoms with E-state index in [0.717, 1.165) is 22.8 Å². The Balaban J connectivity index is -0.0000000980. The molecule has 1 aromatic carbocycles. The van der Waals surface area contributed by atoms with Gasteiger partial charge in [-0.05, 0) is 118 Å². The smallest absolute Gasteiger partial charge is 0.115 e. The summed E-state index contributed by atoms with van der Waals surface area (Å²) in [4.78, 5) is 35.8. The van der Waals surface area contributed by atoms with Crippen LogP contribution in [0.5, 0.6) is 0 Å². The molecule has 0 radical (unpaired) electrons. The summed E-state index contributed by atoms with van der Waals surface area (Å²) in [7, 11) is 0.